The Kier molecular flexibility index (Phi) is 3.06. The number of hydrogen-bond donors (Lipinski definition) is 1. The normalized spacial score (nSPS) is 11.5. The molecule has 0 fully saturated rings. The number of rotatable bonds is 3. The van der Waals surface area contributed by atoms with E-state index in [-0.39, 0.29) is 12.4 Å². The van der Waals surface area contributed by atoms with E-state index in [1.165, 1.54) is 6.26 Å². The van der Waals surface area contributed by atoms with Crippen LogP contribution in [0.1, 0.15) is 11.1 Å². The lowest BCUT2D eigenvalue weighted by molar-refractivity contribution is 0.282. The molecule has 72 valence electrons. The first-order valence-corrected chi connectivity index (χ1v) is 5.94. The quantitative estimate of drug-likeness (QED) is 0.782. The van der Waals surface area contributed by atoms with Crippen molar-refractivity contribution >= 4 is 9.84 Å². The average molecular weight is 200 g/mol. The van der Waals surface area contributed by atoms with Crippen LogP contribution in [-0.4, -0.2) is 19.8 Å². The van der Waals surface area contributed by atoms with Gasteiger partial charge in [-0.15, -0.1) is 0 Å². The van der Waals surface area contributed by atoms with Crippen LogP contribution in [0.2, 0.25) is 0 Å². The van der Waals surface area contributed by atoms with Gasteiger partial charge < -0.3 is 5.11 Å². The van der Waals surface area contributed by atoms with E-state index in [0.717, 1.165) is 11.1 Å². The molecule has 0 spiro atoms. The van der Waals surface area contributed by atoms with Crippen molar-refractivity contribution in [2.24, 2.45) is 0 Å². The molecular formula is C9H12O3S. The average Bonchev–Trinajstić information content (AvgIpc) is 2.03. The van der Waals surface area contributed by atoms with Crippen molar-refractivity contribution in [3.05, 3.63) is 35.4 Å². The van der Waals surface area contributed by atoms with Crippen molar-refractivity contribution in [1.82, 2.24) is 0 Å². The first-order valence-electron chi connectivity index (χ1n) is 3.87. The van der Waals surface area contributed by atoms with E-state index in [2.05, 4.69) is 0 Å². The maximum absolute atomic E-state index is 10.9. The molecule has 0 heterocycles. The molecule has 0 bridgehead atoms. The molecule has 4 heteroatoms. The maximum atomic E-state index is 10.9. The molecule has 0 aliphatic heterocycles. The topological polar surface area (TPSA) is 54.4 Å². The monoisotopic (exact) mass is 200 g/mol. The molecule has 0 aromatic heterocycles. The van der Waals surface area contributed by atoms with Gasteiger partial charge in [0.1, 0.15) is 0 Å². The minimum absolute atomic E-state index is 0.0147. The van der Waals surface area contributed by atoms with Crippen LogP contribution in [0.25, 0.3) is 0 Å². The van der Waals surface area contributed by atoms with Gasteiger partial charge in [-0.25, -0.2) is 8.42 Å². The van der Waals surface area contributed by atoms with Gasteiger partial charge in [0, 0.05) is 6.26 Å². The molecule has 0 saturated carbocycles. The van der Waals surface area contributed by atoms with Gasteiger partial charge in [-0.3, -0.25) is 0 Å². The summed E-state index contributed by atoms with van der Waals surface area (Å²) >= 11 is 0. The van der Waals surface area contributed by atoms with Gasteiger partial charge in [-0.05, 0) is 11.1 Å². The summed E-state index contributed by atoms with van der Waals surface area (Å²) in [5, 5.41) is 8.74. The van der Waals surface area contributed by atoms with Crippen LogP contribution >= 0.6 is 0 Å². The predicted molar refractivity (Wildman–Crippen MR) is 50.9 cm³/mol. The summed E-state index contributed by atoms with van der Waals surface area (Å²) in [6.45, 7) is -0.0147. The third-order valence-corrected chi connectivity index (χ3v) is 2.49. The van der Waals surface area contributed by atoms with E-state index < -0.39 is 9.84 Å². The van der Waals surface area contributed by atoms with Crippen LogP contribution in [0.4, 0.5) is 0 Å². The summed E-state index contributed by atoms with van der Waals surface area (Å²) in [6.07, 6.45) is 1.20. The molecule has 0 aliphatic carbocycles. The Morgan fingerprint density at radius 2 is 1.62 bits per heavy atom. The SMILES string of the molecule is CS(=O)(=O)Cc1ccc(CO)cc1. The van der Waals surface area contributed by atoms with Gasteiger partial charge in [-0.2, -0.15) is 0 Å². The van der Waals surface area contributed by atoms with Crippen LogP contribution in [0.15, 0.2) is 24.3 Å². The predicted octanol–water partition coefficient (Wildman–Crippen LogP) is 0.724. The molecule has 0 amide bonds. The number of benzene rings is 1. The highest BCUT2D eigenvalue weighted by Gasteiger charge is 2.03. The Balaban J connectivity index is 2.81. The number of aliphatic hydroxyl groups excluding tert-OH is 1. The molecule has 0 unspecified atom stereocenters. The zero-order valence-corrected chi connectivity index (χ0v) is 8.21. The molecule has 1 N–H and O–H groups in total. The first kappa shape index (κ1) is 10.2. The van der Waals surface area contributed by atoms with Gasteiger partial charge in [-0.1, -0.05) is 24.3 Å². The molecule has 0 atom stereocenters. The van der Waals surface area contributed by atoms with Gasteiger partial charge in [0.15, 0.2) is 9.84 Å². The smallest absolute Gasteiger partial charge is 0.151 e. The van der Waals surface area contributed by atoms with Gasteiger partial charge >= 0.3 is 0 Å². The van der Waals surface area contributed by atoms with Crippen molar-refractivity contribution < 1.29 is 13.5 Å². The highest BCUT2D eigenvalue weighted by Crippen LogP contribution is 2.07. The lowest BCUT2D eigenvalue weighted by atomic mass is 10.2. The Hall–Kier alpha value is -0.870. The third-order valence-electron chi connectivity index (χ3n) is 1.63. The fraction of sp³-hybridized carbons (Fsp3) is 0.333. The van der Waals surface area contributed by atoms with Crippen LogP contribution in [0.5, 0.6) is 0 Å². The standard InChI is InChI=1S/C9H12O3S/c1-13(11,12)7-9-4-2-8(6-10)3-5-9/h2-5,10H,6-7H2,1H3. The molecule has 13 heavy (non-hydrogen) atoms. The Labute approximate surface area is 77.9 Å². The number of sulfone groups is 1. The molecule has 0 saturated heterocycles. The third kappa shape index (κ3) is 3.57. The second-order valence-electron chi connectivity index (χ2n) is 3.04. The Morgan fingerprint density at radius 3 is 2.00 bits per heavy atom. The summed E-state index contributed by atoms with van der Waals surface area (Å²) in [4.78, 5) is 0. The van der Waals surface area contributed by atoms with Crippen LogP contribution in [0.3, 0.4) is 0 Å². The maximum Gasteiger partial charge on any atom is 0.151 e. The minimum atomic E-state index is -2.96. The Bertz CT molecular complexity index is 364. The zero-order valence-electron chi connectivity index (χ0n) is 7.40. The summed E-state index contributed by atoms with van der Waals surface area (Å²) in [7, 11) is -2.96. The lowest BCUT2D eigenvalue weighted by Gasteiger charge is -2.00. The van der Waals surface area contributed by atoms with E-state index in [9.17, 15) is 8.42 Å². The number of hydrogen-bond acceptors (Lipinski definition) is 3. The summed E-state index contributed by atoms with van der Waals surface area (Å²) < 4.78 is 21.8. The molecule has 1 aromatic rings. The van der Waals surface area contributed by atoms with Crippen molar-refractivity contribution in [3.63, 3.8) is 0 Å². The van der Waals surface area contributed by atoms with E-state index in [0.29, 0.717) is 0 Å². The fourth-order valence-corrected chi connectivity index (χ4v) is 1.84. The lowest BCUT2D eigenvalue weighted by Crippen LogP contribution is -2.00. The van der Waals surface area contributed by atoms with Crippen molar-refractivity contribution in [2.75, 3.05) is 6.26 Å². The van der Waals surface area contributed by atoms with E-state index in [1.54, 1.807) is 24.3 Å². The Morgan fingerprint density at radius 1 is 1.15 bits per heavy atom. The number of aliphatic hydroxyl groups is 1. The fourth-order valence-electron chi connectivity index (χ4n) is 1.04. The van der Waals surface area contributed by atoms with E-state index in [4.69, 9.17) is 5.11 Å². The van der Waals surface area contributed by atoms with Crippen LogP contribution in [-0.2, 0) is 22.2 Å². The second kappa shape index (κ2) is 3.89. The molecule has 0 aliphatic rings. The van der Waals surface area contributed by atoms with Crippen molar-refractivity contribution in [1.29, 1.82) is 0 Å². The summed E-state index contributed by atoms with van der Waals surface area (Å²) in [5.41, 5.74) is 1.54. The second-order valence-corrected chi connectivity index (χ2v) is 5.18. The first-order chi connectivity index (χ1) is 6.01. The van der Waals surface area contributed by atoms with Gasteiger partial charge in [0.2, 0.25) is 0 Å². The molecule has 1 rings (SSSR count). The molecule has 3 nitrogen and oxygen atoms in total. The van der Waals surface area contributed by atoms with Crippen LogP contribution < -0.4 is 0 Å². The van der Waals surface area contributed by atoms with Crippen molar-refractivity contribution in [2.45, 2.75) is 12.4 Å². The highest BCUT2D eigenvalue weighted by molar-refractivity contribution is 7.89. The van der Waals surface area contributed by atoms with E-state index >= 15 is 0 Å². The molecule has 0 radical (unpaired) electrons. The molecule has 1 aromatic carbocycles. The van der Waals surface area contributed by atoms with Crippen molar-refractivity contribution in [3.8, 4) is 0 Å². The largest absolute Gasteiger partial charge is 0.392 e. The van der Waals surface area contributed by atoms with Gasteiger partial charge in [0.05, 0.1) is 12.4 Å². The van der Waals surface area contributed by atoms with Gasteiger partial charge in [0.25, 0.3) is 0 Å². The zero-order chi connectivity index (χ0) is 9.90. The minimum Gasteiger partial charge on any atom is -0.392 e. The molecular weight excluding hydrogens is 188 g/mol. The van der Waals surface area contributed by atoms with E-state index in [1.807, 2.05) is 0 Å². The summed E-state index contributed by atoms with van der Waals surface area (Å²) in [5.74, 6) is 0.0543. The highest BCUT2D eigenvalue weighted by atomic mass is 32.2. The summed E-state index contributed by atoms with van der Waals surface area (Å²) in [6, 6.07) is 6.88. The van der Waals surface area contributed by atoms with Crippen LogP contribution in [0, 0.1) is 0 Å².